The van der Waals surface area contributed by atoms with Gasteiger partial charge in [-0.1, -0.05) is 42.5 Å². The van der Waals surface area contributed by atoms with E-state index in [0.29, 0.717) is 5.56 Å². The van der Waals surface area contributed by atoms with Gasteiger partial charge in [0.15, 0.2) is 0 Å². The van der Waals surface area contributed by atoms with Crippen molar-refractivity contribution in [3.8, 4) is 16.9 Å². The lowest BCUT2D eigenvalue weighted by atomic mass is 10.0. The zero-order valence-electron chi connectivity index (χ0n) is 14.4. The fourth-order valence-electron chi connectivity index (χ4n) is 2.54. The van der Waals surface area contributed by atoms with Gasteiger partial charge in [-0.05, 0) is 61.4 Å². The van der Waals surface area contributed by atoms with Crippen molar-refractivity contribution in [2.24, 2.45) is 0 Å². The van der Waals surface area contributed by atoms with E-state index in [1.165, 1.54) is 0 Å². The third-order valence-electron chi connectivity index (χ3n) is 3.74. The molecule has 3 nitrogen and oxygen atoms in total. The first-order valence-electron chi connectivity index (χ1n) is 8.35. The Morgan fingerprint density at radius 1 is 0.800 bits per heavy atom. The number of hydrogen-bond donors (Lipinski definition) is 1. The maximum Gasteiger partial charge on any atom is 0.255 e. The van der Waals surface area contributed by atoms with Crippen LogP contribution in [0.2, 0.25) is 0 Å². The van der Waals surface area contributed by atoms with E-state index in [-0.39, 0.29) is 12.0 Å². The van der Waals surface area contributed by atoms with Gasteiger partial charge in [-0.15, -0.1) is 0 Å². The van der Waals surface area contributed by atoms with Crippen LogP contribution in [-0.2, 0) is 0 Å². The average molecular weight is 331 g/mol. The van der Waals surface area contributed by atoms with Gasteiger partial charge in [-0.25, -0.2) is 0 Å². The largest absolute Gasteiger partial charge is 0.491 e. The quantitative estimate of drug-likeness (QED) is 0.680. The average Bonchev–Trinajstić information content (AvgIpc) is 2.64. The smallest absolute Gasteiger partial charge is 0.255 e. The van der Waals surface area contributed by atoms with Crippen molar-refractivity contribution >= 4 is 11.6 Å². The molecule has 0 atom stereocenters. The predicted molar refractivity (Wildman–Crippen MR) is 102 cm³/mol. The molecule has 0 aromatic heterocycles. The van der Waals surface area contributed by atoms with E-state index in [9.17, 15) is 4.79 Å². The molecule has 0 aliphatic heterocycles. The molecule has 126 valence electrons. The molecule has 0 aliphatic rings. The van der Waals surface area contributed by atoms with Crippen LogP contribution in [0.1, 0.15) is 24.2 Å². The molecule has 0 saturated carbocycles. The molecule has 0 saturated heterocycles. The second-order valence-electron chi connectivity index (χ2n) is 6.09. The number of hydrogen-bond acceptors (Lipinski definition) is 2. The summed E-state index contributed by atoms with van der Waals surface area (Å²) >= 11 is 0. The summed E-state index contributed by atoms with van der Waals surface area (Å²) in [6, 6.07) is 25.1. The Labute approximate surface area is 148 Å². The normalized spacial score (nSPS) is 10.5. The first-order valence-corrected chi connectivity index (χ1v) is 8.35. The Morgan fingerprint density at radius 3 is 2.00 bits per heavy atom. The van der Waals surface area contributed by atoms with Crippen LogP contribution in [0.15, 0.2) is 78.9 Å². The predicted octanol–water partition coefficient (Wildman–Crippen LogP) is 5.39. The zero-order valence-corrected chi connectivity index (χ0v) is 14.4. The summed E-state index contributed by atoms with van der Waals surface area (Å²) in [7, 11) is 0. The molecule has 0 aliphatic carbocycles. The number of amides is 1. The Balaban J connectivity index is 1.67. The molecular formula is C22H21NO2. The minimum atomic E-state index is -0.128. The Bertz CT molecular complexity index is 822. The fraction of sp³-hybridized carbons (Fsp3) is 0.136. The van der Waals surface area contributed by atoms with Gasteiger partial charge in [0.25, 0.3) is 5.91 Å². The molecule has 3 heteroatoms. The van der Waals surface area contributed by atoms with E-state index in [1.54, 1.807) is 0 Å². The van der Waals surface area contributed by atoms with Crippen LogP contribution in [0.4, 0.5) is 5.69 Å². The second kappa shape index (κ2) is 7.67. The van der Waals surface area contributed by atoms with Crippen LogP contribution >= 0.6 is 0 Å². The SMILES string of the molecule is CC(C)Oc1ccc(NC(=O)c2ccc(-c3ccccc3)cc2)cc1. The third-order valence-corrected chi connectivity index (χ3v) is 3.74. The minimum absolute atomic E-state index is 0.128. The first kappa shape index (κ1) is 16.8. The number of carbonyl (C=O) groups is 1. The van der Waals surface area contributed by atoms with Gasteiger partial charge in [0.05, 0.1) is 6.10 Å². The van der Waals surface area contributed by atoms with Crippen molar-refractivity contribution in [1.82, 2.24) is 0 Å². The molecule has 3 rings (SSSR count). The van der Waals surface area contributed by atoms with E-state index in [4.69, 9.17) is 4.74 Å². The number of carbonyl (C=O) groups excluding carboxylic acids is 1. The highest BCUT2D eigenvalue weighted by molar-refractivity contribution is 6.04. The van der Waals surface area contributed by atoms with Crippen LogP contribution in [0.25, 0.3) is 11.1 Å². The summed E-state index contributed by atoms with van der Waals surface area (Å²) in [5, 5.41) is 2.90. The van der Waals surface area contributed by atoms with Gasteiger partial charge in [0, 0.05) is 11.3 Å². The molecule has 1 amide bonds. The molecule has 0 radical (unpaired) electrons. The Morgan fingerprint density at radius 2 is 1.40 bits per heavy atom. The zero-order chi connectivity index (χ0) is 17.6. The molecular weight excluding hydrogens is 310 g/mol. The maximum atomic E-state index is 12.4. The van der Waals surface area contributed by atoms with Gasteiger partial charge < -0.3 is 10.1 Å². The van der Waals surface area contributed by atoms with Crippen LogP contribution in [0.3, 0.4) is 0 Å². The van der Waals surface area contributed by atoms with Gasteiger partial charge >= 0.3 is 0 Å². The molecule has 25 heavy (non-hydrogen) atoms. The number of ether oxygens (including phenoxy) is 1. The molecule has 0 unspecified atom stereocenters. The number of nitrogens with one attached hydrogen (secondary N) is 1. The van der Waals surface area contributed by atoms with Crippen molar-refractivity contribution in [2.75, 3.05) is 5.32 Å². The summed E-state index contributed by atoms with van der Waals surface area (Å²) in [5.74, 6) is 0.664. The van der Waals surface area contributed by atoms with Crippen molar-refractivity contribution in [3.05, 3.63) is 84.4 Å². The lowest BCUT2D eigenvalue weighted by Gasteiger charge is -2.11. The highest BCUT2D eigenvalue weighted by Crippen LogP contribution is 2.21. The summed E-state index contributed by atoms with van der Waals surface area (Å²) in [4.78, 5) is 12.4. The summed E-state index contributed by atoms with van der Waals surface area (Å²) in [6.07, 6.45) is 0.128. The van der Waals surface area contributed by atoms with E-state index in [2.05, 4.69) is 17.4 Å². The molecule has 0 bridgehead atoms. The fourth-order valence-corrected chi connectivity index (χ4v) is 2.54. The van der Waals surface area contributed by atoms with Crippen LogP contribution in [0, 0.1) is 0 Å². The molecule has 0 heterocycles. The third kappa shape index (κ3) is 4.48. The monoisotopic (exact) mass is 331 g/mol. The van der Waals surface area contributed by atoms with Gasteiger partial charge in [-0.3, -0.25) is 4.79 Å². The van der Waals surface area contributed by atoms with Gasteiger partial charge in [-0.2, -0.15) is 0 Å². The molecule has 3 aromatic carbocycles. The van der Waals surface area contributed by atoms with Crippen LogP contribution in [0.5, 0.6) is 5.75 Å². The lowest BCUT2D eigenvalue weighted by Crippen LogP contribution is -2.11. The van der Waals surface area contributed by atoms with Crippen molar-refractivity contribution in [2.45, 2.75) is 20.0 Å². The van der Waals surface area contributed by atoms with Crippen molar-refractivity contribution in [1.29, 1.82) is 0 Å². The van der Waals surface area contributed by atoms with E-state index in [1.807, 2.05) is 80.6 Å². The maximum absolute atomic E-state index is 12.4. The molecule has 0 spiro atoms. The van der Waals surface area contributed by atoms with Crippen LogP contribution in [-0.4, -0.2) is 12.0 Å². The molecule has 0 fully saturated rings. The first-order chi connectivity index (χ1) is 12.1. The highest BCUT2D eigenvalue weighted by Gasteiger charge is 2.07. The van der Waals surface area contributed by atoms with Crippen LogP contribution < -0.4 is 10.1 Å². The summed E-state index contributed by atoms with van der Waals surface area (Å²) < 4.78 is 5.60. The minimum Gasteiger partial charge on any atom is -0.491 e. The highest BCUT2D eigenvalue weighted by atomic mass is 16.5. The number of benzene rings is 3. The number of anilines is 1. The summed E-state index contributed by atoms with van der Waals surface area (Å²) in [5.41, 5.74) is 3.60. The van der Waals surface area contributed by atoms with E-state index < -0.39 is 0 Å². The Kier molecular flexibility index (Phi) is 5.14. The standard InChI is InChI=1S/C22H21NO2/c1-16(2)25-21-14-12-20(13-15-21)23-22(24)19-10-8-18(9-11-19)17-6-4-3-5-7-17/h3-16H,1-2H3,(H,23,24). The van der Waals surface area contributed by atoms with E-state index in [0.717, 1.165) is 22.6 Å². The van der Waals surface area contributed by atoms with Crippen molar-refractivity contribution in [3.63, 3.8) is 0 Å². The van der Waals surface area contributed by atoms with E-state index >= 15 is 0 Å². The topological polar surface area (TPSA) is 38.3 Å². The number of rotatable bonds is 5. The lowest BCUT2D eigenvalue weighted by molar-refractivity contribution is 0.102. The summed E-state index contributed by atoms with van der Waals surface area (Å²) in [6.45, 7) is 3.96. The Hall–Kier alpha value is -3.07. The van der Waals surface area contributed by atoms with Gasteiger partial charge in [0.2, 0.25) is 0 Å². The molecule has 1 N–H and O–H groups in total. The second-order valence-corrected chi connectivity index (χ2v) is 6.09. The van der Waals surface area contributed by atoms with Crippen molar-refractivity contribution < 1.29 is 9.53 Å². The molecule has 3 aromatic rings. The van der Waals surface area contributed by atoms with Gasteiger partial charge in [0.1, 0.15) is 5.75 Å².